The van der Waals surface area contributed by atoms with E-state index in [0.29, 0.717) is 6.54 Å². The zero-order chi connectivity index (χ0) is 12.3. The number of nitrogens with two attached hydrogens (primary N) is 1. The first-order valence-corrected chi connectivity index (χ1v) is 7.07. The van der Waals surface area contributed by atoms with Gasteiger partial charge in [-0.3, -0.25) is 0 Å². The molecule has 17 heavy (non-hydrogen) atoms. The number of halogens is 1. The molecule has 1 aliphatic carbocycles. The van der Waals surface area contributed by atoms with Gasteiger partial charge in [0.2, 0.25) is 0 Å². The molecule has 1 fully saturated rings. The third-order valence-corrected chi connectivity index (χ3v) is 4.69. The van der Waals surface area contributed by atoms with Crippen molar-refractivity contribution in [1.29, 1.82) is 0 Å². The lowest BCUT2D eigenvalue weighted by molar-refractivity contribution is 0.103. The fourth-order valence-electron chi connectivity index (χ4n) is 3.13. The summed E-state index contributed by atoms with van der Waals surface area (Å²) in [5.41, 5.74) is 7.23. The molecule has 1 unspecified atom stereocenters. The SMILES string of the molecule is NCC(c1ccc(Br)cc1)C1(CO)CCCC1. The Morgan fingerprint density at radius 2 is 1.82 bits per heavy atom. The minimum absolute atomic E-state index is 0.0164. The summed E-state index contributed by atoms with van der Waals surface area (Å²) in [6, 6.07) is 8.35. The van der Waals surface area contributed by atoms with Crippen LogP contribution in [0.4, 0.5) is 0 Å². The number of aliphatic hydroxyl groups excluding tert-OH is 1. The van der Waals surface area contributed by atoms with E-state index >= 15 is 0 Å². The number of aliphatic hydroxyl groups is 1. The first-order valence-electron chi connectivity index (χ1n) is 6.28. The summed E-state index contributed by atoms with van der Waals surface area (Å²) in [4.78, 5) is 0. The second kappa shape index (κ2) is 5.51. The van der Waals surface area contributed by atoms with Crippen molar-refractivity contribution in [3.63, 3.8) is 0 Å². The highest BCUT2D eigenvalue weighted by Gasteiger charge is 2.40. The summed E-state index contributed by atoms with van der Waals surface area (Å²) in [5, 5.41) is 9.77. The van der Waals surface area contributed by atoms with Gasteiger partial charge < -0.3 is 10.8 Å². The van der Waals surface area contributed by atoms with E-state index in [4.69, 9.17) is 5.73 Å². The third-order valence-electron chi connectivity index (χ3n) is 4.16. The van der Waals surface area contributed by atoms with Crippen molar-refractivity contribution < 1.29 is 5.11 Å². The van der Waals surface area contributed by atoms with Crippen molar-refractivity contribution in [2.75, 3.05) is 13.2 Å². The molecule has 3 N–H and O–H groups in total. The summed E-state index contributed by atoms with van der Waals surface area (Å²) in [6.45, 7) is 0.868. The minimum atomic E-state index is 0.0164. The lowest BCUT2D eigenvalue weighted by Crippen LogP contribution is -2.34. The van der Waals surface area contributed by atoms with Crippen LogP contribution in [0.25, 0.3) is 0 Å². The van der Waals surface area contributed by atoms with Crippen LogP contribution in [0.2, 0.25) is 0 Å². The Labute approximate surface area is 111 Å². The molecular formula is C14H20BrNO. The molecule has 0 heterocycles. The maximum atomic E-state index is 9.77. The molecule has 1 aromatic rings. The van der Waals surface area contributed by atoms with E-state index in [0.717, 1.165) is 17.3 Å². The smallest absolute Gasteiger partial charge is 0.0493 e. The van der Waals surface area contributed by atoms with Crippen LogP contribution < -0.4 is 5.73 Å². The number of benzene rings is 1. The average molecular weight is 298 g/mol. The molecule has 2 nitrogen and oxygen atoms in total. The largest absolute Gasteiger partial charge is 0.396 e. The maximum absolute atomic E-state index is 9.77. The second-order valence-electron chi connectivity index (χ2n) is 5.07. The first kappa shape index (κ1) is 13.1. The van der Waals surface area contributed by atoms with Crippen LogP contribution in [0.15, 0.2) is 28.7 Å². The molecule has 2 rings (SSSR count). The quantitative estimate of drug-likeness (QED) is 0.897. The lowest BCUT2D eigenvalue weighted by Gasteiger charge is -2.35. The normalized spacial score (nSPS) is 20.4. The fourth-order valence-corrected chi connectivity index (χ4v) is 3.39. The number of hydrogen-bond donors (Lipinski definition) is 2. The molecule has 0 aromatic heterocycles. The Hall–Kier alpha value is -0.380. The van der Waals surface area contributed by atoms with Crippen molar-refractivity contribution in [2.45, 2.75) is 31.6 Å². The molecule has 94 valence electrons. The van der Waals surface area contributed by atoms with Crippen molar-refractivity contribution in [1.82, 2.24) is 0 Å². The molecule has 1 aliphatic rings. The second-order valence-corrected chi connectivity index (χ2v) is 5.98. The third kappa shape index (κ3) is 2.56. The monoisotopic (exact) mass is 297 g/mol. The molecule has 1 atom stereocenters. The highest BCUT2D eigenvalue weighted by Crippen LogP contribution is 2.48. The van der Waals surface area contributed by atoms with Crippen LogP contribution in [0.3, 0.4) is 0 Å². The maximum Gasteiger partial charge on any atom is 0.0493 e. The zero-order valence-corrected chi connectivity index (χ0v) is 11.6. The Kier molecular flexibility index (Phi) is 4.23. The number of rotatable bonds is 4. The zero-order valence-electron chi connectivity index (χ0n) is 10.0. The van der Waals surface area contributed by atoms with E-state index < -0.39 is 0 Å². The Balaban J connectivity index is 2.28. The van der Waals surface area contributed by atoms with E-state index in [-0.39, 0.29) is 17.9 Å². The van der Waals surface area contributed by atoms with Gasteiger partial charge in [-0.2, -0.15) is 0 Å². The highest BCUT2D eigenvalue weighted by molar-refractivity contribution is 9.10. The summed E-state index contributed by atoms with van der Waals surface area (Å²) in [6.07, 6.45) is 4.63. The molecule has 0 bridgehead atoms. The molecule has 0 amide bonds. The van der Waals surface area contributed by atoms with Crippen LogP contribution in [-0.2, 0) is 0 Å². The molecular weight excluding hydrogens is 278 g/mol. The van der Waals surface area contributed by atoms with Gasteiger partial charge in [0, 0.05) is 22.4 Å². The summed E-state index contributed by atoms with van der Waals surface area (Å²) < 4.78 is 1.08. The van der Waals surface area contributed by atoms with Gasteiger partial charge in [-0.15, -0.1) is 0 Å². The molecule has 0 spiro atoms. The Morgan fingerprint density at radius 1 is 1.24 bits per heavy atom. The van der Waals surface area contributed by atoms with E-state index in [1.165, 1.54) is 18.4 Å². The van der Waals surface area contributed by atoms with Gasteiger partial charge in [0.15, 0.2) is 0 Å². The average Bonchev–Trinajstić information content (AvgIpc) is 2.82. The van der Waals surface area contributed by atoms with Crippen LogP contribution >= 0.6 is 15.9 Å². The van der Waals surface area contributed by atoms with Gasteiger partial charge in [-0.25, -0.2) is 0 Å². The Bertz CT molecular complexity index is 357. The van der Waals surface area contributed by atoms with Crippen LogP contribution in [0.1, 0.15) is 37.2 Å². The molecule has 1 saturated carbocycles. The lowest BCUT2D eigenvalue weighted by atomic mass is 9.71. The standard InChI is InChI=1S/C14H20BrNO/c15-12-5-3-11(4-6-12)13(9-16)14(10-17)7-1-2-8-14/h3-6,13,17H,1-2,7-10,16H2. The fraction of sp³-hybridized carbons (Fsp3) is 0.571. The predicted octanol–water partition coefficient (Wildman–Crippen LogP) is 3.04. The molecule has 1 aromatic carbocycles. The van der Waals surface area contributed by atoms with Gasteiger partial charge in [0.05, 0.1) is 0 Å². The number of hydrogen-bond acceptors (Lipinski definition) is 2. The predicted molar refractivity (Wildman–Crippen MR) is 73.9 cm³/mol. The van der Waals surface area contributed by atoms with Gasteiger partial charge in [-0.05, 0) is 37.1 Å². The molecule has 3 heteroatoms. The van der Waals surface area contributed by atoms with E-state index in [2.05, 4.69) is 40.2 Å². The van der Waals surface area contributed by atoms with Crippen molar-refractivity contribution in [2.24, 2.45) is 11.1 Å². The van der Waals surface area contributed by atoms with Crippen molar-refractivity contribution in [3.8, 4) is 0 Å². The summed E-state index contributed by atoms with van der Waals surface area (Å²) in [7, 11) is 0. The van der Waals surface area contributed by atoms with Gasteiger partial charge >= 0.3 is 0 Å². The minimum Gasteiger partial charge on any atom is -0.396 e. The van der Waals surface area contributed by atoms with E-state index in [9.17, 15) is 5.11 Å². The van der Waals surface area contributed by atoms with Crippen LogP contribution in [0, 0.1) is 5.41 Å². The van der Waals surface area contributed by atoms with E-state index in [1.54, 1.807) is 0 Å². The molecule has 0 radical (unpaired) electrons. The Morgan fingerprint density at radius 3 is 2.29 bits per heavy atom. The molecule has 0 saturated heterocycles. The van der Waals surface area contributed by atoms with E-state index in [1.807, 2.05) is 0 Å². The van der Waals surface area contributed by atoms with Gasteiger partial charge in [0.1, 0.15) is 0 Å². The first-order chi connectivity index (χ1) is 8.22. The summed E-state index contributed by atoms with van der Waals surface area (Å²) in [5.74, 6) is 0.281. The van der Waals surface area contributed by atoms with Gasteiger partial charge in [-0.1, -0.05) is 40.9 Å². The molecule has 0 aliphatic heterocycles. The van der Waals surface area contributed by atoms with Crippen LogP contribution in [0.5, 0.6) is 0 Å². The van der Waals surface area contributed by atoms with Crippen LogP contribution in [-0.4, -0.2) is 18.3 Å². The van der Waals surface area contributed by atoms with Crippen molar-refractivity contribution in [3.05, 3.63) is 34.3 Å². The highest BCUT2D eigenvalue weighted by atomic mass is 79.9. The van der Waals surface area contributed by atoms with Gasteiger partial charge in [0.25, 0.3) is 0 Å². The summed E-state index contributed by atoms with van der Waals surface area (Å²) >= 11 is 3.45. The topological polar surface area (TPSA) is 46.2 Å². The van der Waals surface area contributed by atoms with Crippen molar-refractivity contribution >= 4 is 15.9 Å².